The lowest BCUT2D eigenvalue weighted by molar-refractivity contribution is 0.0675. The van der Waals surface area contributed by atoms with Gasteiger partial charge in [-0.15, -0.1) is 0 Å². The van der Waals surface area contributed by atoms with Crippen molar-refractivity contribution in [3.05, 3.63) is 46.0 Å². The van der Waals surface area contributed by atoms with Crippen molar-refractivity contribution in [3.63, 3.8) is 0 Å². The third-order valence-electron chi connectivity index (χ3n) is 4.36. The second-order valence-corrected chi connectivity index (χ2v) is 5.44. The Morgan fingerprint density at radius 2 is 1.80 bits per heavy atom. The van der Waals surface area contributed by atoms with Crippen molar-refractivity contribution < 1.29 is 19.8 Å². The maximum absolute atomic E-state index is 11.6. The van der Waals surface area contributed by atoms with Gasteiger partial charge in [0.2, 0.25) is 0 Å². The molecule has 0 radical (unpaired) electrons. The molecule has 2 N–H and O–H groups in total. The number of aromatic carboxylic acids is 2. The minimum atomic E-state index is -0.953. The van der Waals surface area contributed by atoms with E-state index in [1.54, 1.807) is 6.07 Å². The maximum Gasteiger partial charge on any atom is 0.336 e. The molecule has 3 rings (SSSR count). The zero-order valence-electron chi connectivity index (χ0n) is 11.1. The van der Waals surface area contributed by atoms with Gasteiger partial charge in [-0.05, 0) is 60.8 Å². The van der Waals surface area contributed by atoms with Crippen LogP contribution in [0, 0.1) is 0 Å². The Balaban J connectivity index is 2.18. The highest BCUT2D eigenvalue weighted by molar-refractivity contribution is 5.97. The largest absolute Gasteiger partial charge is 0.478 e. The highest BCUT2D eigenvalue weighted by atomic mass is 16.4. The van der Waals surface area contributed by atoms with Gasteiger partial charge in [0, 0.05) is 0 Å². The molecule has 0 saturated heterocycles. The van der Waals surface area contributed by atoms with Crippen molar-refractivity contribution in [2.45, 2.75) is 38.0 Å². The molecule has 20 heavy (non-hydrogen) atoms. The van der Waals surface area contributed by atoms with E-state index >= 15 is 0 Å². The van der Waals surface area contributed by atoms with Crippen molar-refractivity contribution in [2.24, 2.45) is 0 Å². The summed E-state index contributed by atoms with van der Waals surface area (Å²) < 4.78 is 0. The quantitative estimate of drug-likeness (QED) is 0.829. The first-order valence-electron chi connectivity index (χ1n) is 6.89. The average Bonchev–Trinajstić information content (AvgIpc) is 2.39. The number of rotatable bonds is 3. The highest BCUT2D eigenvalue weighted by Crippen LogP contribution is 2.39. The molecule has 0 bridgehead atoms. The third kappa shape index (κ3) is 1.92. The Labute approximate surface area is 116 Å². The number of hydrogen-bond acceptors (Lipinski definition) is 2. The second-order valence-electron chi connectivity index (χ2n) is 5.44. The first-order valence-corrected chi connectivity index (χ1v) is 6.89. The molecule has 0 heterocycles. The maximum atomic E-state index is 11.6. The van der Waals surface area contributed by atoms with Crippen LogP contribution in [0.25, 0.3) is 0 Å². The van der Waals surface area contributed by atoms with Gasteiger partial charge in [0.1, 0.15) is 0 Å². The monoisotopic (exact) mass is 272 g/mol. The van der Waals surface area contributed by atoms with Gasteiger partial charge in [-0.3, -0.25) is 0 Å². The van der Waals surface area contributed by atoms with E-state index in [4.69, 9.17) is 0 Å². The molecule has 4 nitrogen and oxygen atoms in total. The second kappa shape index (κ2) is 4.78. The Hall–Kier alpha value is -2.10. The molecular formula is C16H16O4. The van der Waals surface area contributed by atoms with Crippen molar-refractivity contribution in [1.82, 2.24) is 0 Å². The molecule has 2 aliphatic rings. The molecule has 0 amide bonds. The van der Waals surface area contributed by atoms with E-state index in [0.717, 1.165) is 24.8 Å². The molecule has 0 spiro atoms. The van der Waals surface area contributed by atoms with Gasteiger partial charge in [0.05, 0.1) is 11.1 Å². The summed E-state index contributed by atoms with van der Waals surface area (Å²) in [5, 5.41) is 18.8. The SMILES string of the molecule is O=C(O)c1cc(C2CC=CCC2)c(C(=O)O)c2c1CC2. The summed E-state index contributed by atoms with van der Waals surface area (Å²) in [4.78, 5) is 22.9. The van der Waals surface area contributed by atoms with Crippen LogP contribution in [-0.4, -0.2) is 22.2 Å². The van der Waals surface area contributed by atoms with E-state index in [1.165, 1.54) is 0 Å². The lowest BCUT2D eigenvalue weighted by atomic mass is 9.75. The van der Waals surface area contributed by atoms with Crippen molar-refractivity contribution in [1.29, 1.82) is 0 Å². The zero-order valence-corrected chi connectivity index (χ0v) is 11.1. The number of benzene rings is 1. The van der Waals surface area contributed by atoms with Crippen molar-refractivity contribution in [2.75, 3.05) is 0 Å². The molecule has 1 unspecified atom stereocenters. The van der Waals surface area contributed by atoms with Crippen LogP contribution < -0.4 is 0 Å². The molecule has 1 atom stereocenters. The number of carboxylic acid groups (broad SMARTS) is 2. The number of carbonyl (C=O) groups is 2. The summed E-state index contributed by atoms with van der Waals surface area (Å²) in [5.41, 5.74) is 2.81. The van der Waals surface area contributed by atoms with Gasteiger partial charge in [-0.2, -0.15) is 0 Å². The van der Waals surface area contributed by atoms with Crippen molar-refractivity contribution >= 4 is 11.9 Å². The predicted molar refractivity (Wildman–Crippen MR) is 73.5 cm³/mol. The Bertz CT molecular complexity index is 628. The smallest absolute Gasteiger partial charge is 0.336 e. The van der Waals surface area contributed by atoms with Crippen LogP contribution >= 0.6 is 0 Å². The van der Waals surface area contributed by atoms with Gasteiger partial charge in [0.15, 0.2) is 0 Å². The van der Waals surface area contributed by atoms with Gasteiger partial charge in [-0.25, -0.2) is 9.59 Å². The van der Waals surface area contributed by atoms with Crippen LogP contribution in [0.4, 0.5) is 0 Å². The molecule has 4 heteroatoms. The van der Waals surface area contributed by atoms with Crippen LogP contribution in [-0.2, 0) is 12.8 Å². The van der Waals surface area contributed by atoms with E-state index in [9.17, 15) is 19.8 Å². The van der Waals surface area contributed by atoms with Crippen LogP contribution in [0.2, 0.25) is 0 Å². The molecule has 2 aliphatic carbocycles. The van der Waals surface area contributed by atoms with Gasteiger partial charge in [0.25, 0.3) is 0 Å². The molecule has 0 saturated carbocycles. The highest BCUT2D eigenvalue weighted by Gasteiger charge is 2.32. The van der Waals surface area contributed by atoms with Crippen LogP contribution in [0.1, 0.15) is 62.6 Å². The summed E-state index contributed by atoms with van der Waals surface area (Å²) in [6.45, 7) is 0. The fourth-order valence-corrected chi connectivity index (χ4v) is 3.28. The van der Waals surface area contributed by atoms with E-state index in [-0.39, 0.29) is 5.92 Å². The topological polar surface area (TPSA) is 74.6 Å². The normalized spacial score (nSPS) is 20.1. The molecule has 104 valence electrons. The molecule has 0 aliphatic heterocycles. The standard InChI is InChI=1S/C16H16O4/c17-15(18)13-8-12(9-4-2-1-3-5-9)14(16(19)20)11-7-6-10(11)13/h1-2,8-9H,3-7H2,(H,17,18)(H,19,20). The number of allylic oxidation sites excluding steroid dienone is 2. The summed E-state index contributed by atoms with van der Waals surface area (Å²) >= 11 is 0. The van der Waals surface area contributed by atoms with Gasteiger partial charge < -0.3 is 10.2 Å². The zero-order chi connectivity index (χ0) is 14.3. The fourth-order valence-electron chi connectivity index (χ4n) is 3.28. The lowest BCUT2D eigenvalue weighted by Gasteiger charge is -2.29. The Kier molecular flexibility index (Phi) is 3.08. The molecule has 1 aromatic carbocycles. The predicted octanol–water partition coefficient (Wildman–Crippen LogP) is 3.01. The van der Waals surface area contributed by atoms with Crippen LogP contribution in [0.3, 0.4) is 0 Å². The van der Waals surface area contributed by atoms with E-state index in [1.807, 2.05) is 0 Å². The van der Waals surface area contributed by atoms with Crippen molar-refractivity contribution in [3.8, 4) is 0 Å². The summed E-state index contributed by atoms with van der Waals surface area (Å²) in [6, 6.07) is 1.60. The summed E-state index contributed by atoms with van der Waals surface area (Å²) in [5.74, 6) is -1.76. The van der Waals surface area contributed by atoms with E-state index in [0.29, 0.717) is 35.1 Å². The van der Waals surface area contributed by atoms with Gasteiger partial charge in [-0.1, -0.05) is 12.2 Å². The Morgan fingerprint density at radius 1 is 1.05 bits per heavy atom. The molecule has 0 aromatic heterocycles. The van der Waals surface area contributed by atoms with Crippen LogP contribution in [0.5, 0.6) is 0 Å². The minimum absolute atomic E-state index is 0.120. The first-order chi connectivity index (χ1) is 9.59. The van der Waals surface area contributed by atoms with E-state index < -0.39 is 11.9 Å². The summed E-state index contributed by atoms with van der Waals surface area (Å²) in [7, 11) is 0. The van der Waals surface area contributed by atoms with Gasteiger partial charge >= 0.3 is 11.9 Å². The molecule has 1 aromatic rings. The fraction of sp³-hybridized carbons (Fsp3) is 0.375. The Morgan fingerprint density at radius 3 is 2.30 bits per heavy atom. The van der Waals surface area contributed by atoms with Crippen LogP contribution in [0.15, 0.2) is 18.2 Å². The van der Waals surface area contributed by atoms with E-state index in [2.05, 4.69) is 12.2 Å². The average molecular weight is 272 g/mol. The number of fused-ring (bicyclic) bond motifs is 1. The number of carboxylic acids is 2. The molecule has 0 fully saturated rings. The first kappa shape index (κ1) is 12.9. The third-order valence-corrected chi connectivity index (χ3v) is 4.36. The molecular weight excluding hydrogens is 256 g/mol. The number of hydrogen-bond donors (Lipinski definition) is 2. The minimum Gasteiger partial charge on any atom is -0.478 e. The lowest BCUT2D eigenvalue weighted by Crippen LogP contribution is -2.23. The summed E-state index contributed by atoms with van der Waals surface area (Å²) in [6.07, 6.45) is 8.08.